The number of benzene rings is 1. The smallest absolute Gasteiger partial charge is 0.0388 e. The van der Waals surface area contributed by atoms with Gasteiger partial charge in [-0.1, -0.05) is 19.1 Å². The van der Waals surface area contributed by atoms with Gasteiger partial charge in [0.1, 0.15) is 0 Å². The van der Waals surface area contributed by atoms with Crippen molar-refractivity contribution in [1.82, 2.24) is 4.98 Å². The Morgan fingerprint density at radius 2 is 1.65 bits per heavy atom. The molecule has 0 amide bonds. The summed E-state index contributed by atoms with van der Waals surface area (Å²) < 4.78 is 0. The van der Waals surface area contributed by atoms with Crippen LogP contribution in [-0.4, -0.2) is 4.98 Å². The predicted octanol–water partition coefficient (Wildman–Crippen LogP) is 4.95. The molecule has 3 rings (SSSR count). The standard InChI is InChI=1S/C16H14N.2ClH.Cr/c1-12(16-8-4-5-11-17-16)14-10-9-13-6-2-3-7-15(13)14;;;/h2-12H,1H3;2*1H;/q-1;;;. The molecule has 0 N–H and O–H groups in total. The van der Waals surface area contributed by atoms with Crippen LogP contribution in [-0.2, 0) is 17.4 Å². The number of nitrogens with zero attached hydrogens (tertiary/aromatic N) is 1. The predicted molar refractivity (Wildman–Crippen MR) is 85.8 cm³/mol. The fourth-order valence-corrected chi connectivity index (χ4v) is 2.34. The molecule has 2 aromatic carbocycles. The first-order chi connectivity index (χ1) is 8.36. The topological polar surface area (TPSA) is 12.9 Å². The number of aromatic nitrogens is 1. The Labute approximate surface area is 142 Å². The van der Waals surface area contributed by atoms with Crippen LogP contribution in [0.5, 0.6) is 0 Å². The molecular formula is C16H16Cl2CrN-. The summed E-state index contributed by atoms with van der Waals surface area (Å²) in [6.07, 6.45) is 1.86. The first-order valence-corrected chi connectivity index (χ1v) is 5.91. The molecule has 0 spiro atoms. The van der Waals surface area contributed by atoms with Crippen LogP contribution in [0.3, 0.4) is 0 Å². The van der Waals surface area contributed by atoms with E-state index in [0.29, 0.717) is 5.92 Å². The molecule has 4 heteroatoms. The molecule has 0 bridgehead atoms. The summed E-state index contributed by atoms with van der Waals surface area (Å²) in [6.45, 7) is 2.21. The van der Waals surface area contributed by atoms with E-state index >= 15 is 0 Å². The maximum atomic E-state index is 4.44. The Morgan fingerprint density at radius 1 is 0.950 bits per heavy atom. The Hall–Kier alpha value is -0.908. The van der Waals surface area contributed by atoms with Gasteiger partial charge in [0.05, 0.1) is 0 Å². The third-order valence-electron chi connectivity index (χ3n) is 3.31. The molecule has 1 atom stereocenters. The molecule has 0 saturated heterocycles. The van der Waals surface area contributed by atoms with E-state index in [4.69, 9.17) is 0 Å². The summed E-state index contributed by atoms with van der Waals surface area (Å²) in [7, 11) is 0. The van der Waals surface area contributed by atoms with Crippen molar-refractivity contribution in [2.45, 2.75) is 12.8 Å². The fraction of sp³-hybridized carbons (Fsp3) is 0.125. The minimum atomic E-state index is 0. The van der Waals surface area contributed by atoms with E-state index in [-0.39, 0.29) is 42.2 Å². The van der Waals surface area contributed by atoms with Crippen LogP contribution < -0.4 is 0 Å². The summed E-state index contributed by atoms with van der Waals surface area (Å²) in [5.41, 5.74) is 2.49. The molecule has 0 aliphatic rings. The SMILES string of the molecule is CC(c1ccccn1)[c-]1ccc2ccccc21.Cl.Cl.[Cr]. The summed E-state index contributed by atoms with van der Waals surface area (Å²) in [6, 6.07) is 19.0. The molecule has 1 unspecified atom stereocenters. The van der Waals surface area contributed by atoms with Crippen molar-refractivity contribution in [2.75, 3.05) is 0 Å². The summed E-state index contributed by atoms with van der Waals surface area (Å²) >= 11 is 0. The number of rotatable bonds is 2. The second-order valence-corrected chi connectivity index (χ2v) is 4.35. The first kappa shape index (κ1) is 19.1. The zero-order valence-electron chi connectivity index (χ0n) is 11.0. The molecule has 0 fully saturated rings. The van der Waals surface area contributed by atoms with Crippen LogP contribution >= 0.6 is 24.8 Å². The third-order valence-corrected chi connectivity index (χ3v) is 3.31. The van der Waals surface area contributed by atoms with Crippen LogP contribution in [0.25, 0.3) is 10.8 Å². The van der Waals surface area contributed by atoms with Gasteiger partial charge in [0.25, 0.3) is 0 Å². The molecule has 106 valence electrons. The summed E-state index contributed by atoms with van der Waals surface area (Å²) in [5, 5.41) is 2.65. The van der Waals surface area contributed by atoms with Crippen LogP contribution in [0.15, 0.2) is 60.8 Å². The van der Waals surface area contributed by atoms with Crippen molar-refractivity contribution in [3.8, 4) is 0 Å². The van der Waals surface area contributed by atoms with Gasteiger partial charge in [-0.3, -0.25) is 4.98 Å². The minimum absolute atomic E-state index is 0. The van der Waals surface area contributed by atoms with Crippen molar-refractivity contribution >= 4 is 35.6 Å². The summed E-state index contributed by atoms with van der Waals surface area (Å²) in [4.78, 5) is 4.44. The van der Waals surface area contributed by atoms with Crippen LogP contribution in [0.2, 0.25) is 0 Å². The molecule has 0 saturated carbocycles. The minimum Gasteiger partial charge on any atom is -0.262 e. The van der Waals surface area contributed by atoms with E-state index in [0.717, 1.165) is 5.69 Å². The molecule has 0 radical (unpaired) electrons. The maximum Gasteiger partial charge on any atom is 0.0388 e. The Balaban J connectivity index is 0.00000120. The quantitative estimate of drug-likeness (QED) is 0.599. The largest absolute Gasteiger partial charge is 0.262 e. The molecule has 0 aliphatic heterocycles. The van der Waals surface area contributed by atoms with Crippen molar-refractivity contribution in [2.24, 2.45) is 0 Å². The number of fused-ring (bicyclic) bond motifs is 1. The van der Waals surface area contributed by atoms with Crippen molar-refractivity contribution < 1.29 is 17.4 Å². The Kier molecular flexibility index (Phi) is 8.01. The Bertz CT molecular complexity index is 637. The number of hydrogen-bond acceptors (Lipinski definition) is 1. The van der Waals surface area contributed by atoms with Gasteiger partial charge in [0.15, 0.2) is 0 Å². The molecular weight excluding hydrogens is 329 g/mol. The van der Waals surface area contributed by atoms with E-state index in [1.165, 1.54) is 16.3 Å². The average molecular weight is 345 g/mol. The van der Waals surface area contributed by atoms with E-state index in [1.807, 2.05) is 18.3 Å². The fourth-order valence-electron chi connectivity index (χ4n) is 2.34. The molecule has 1 heterocycles. The molecule has 1 aromatic heterocycles. The number of pyridine rings is 1. The number of halogens is 2. The third kappa shape index (κ3) is 3.59. The van der Waals surface area contributed by atoms with Gasteiger partial charge < -0.3 is 0 Å². The average Bonchev–Trinajstić information content (AvgIpc) is 2.83. The Morgan fingerprint density at radius 3 is 2.35 bits per heavy atom. The zero-order chi connectivity index (χ0) is 11.7. The van der Waals surface area contributed by atoms with E-state index in [1.54, 1.807) is 0 Å². The molecule has 20 heavy (non-hydrogen) atoms. The normalized spacial score (nSPS) is 10.8. The van der Waals surface area contributed by atoms with Crippen molar-refractivity contribution in [3.05, 3.63) is 72.1 Å². The second kappa shape index (κ2) is 8.39. The van der Waals surface area contributed by atoms with Gasteiger partial charge in [-0.15, -0.1) is 65.4 Å². The van der Waals surface area contributed by atoms with Crippen LogP contribution in [0.1, 0.15) is 24.1 Å². The van der Waals surface area contributed by atoms with Gasteiger partial charge in [0.2, 0.25) is 0 Å². The number of hydrogen-bond donors (Lipinski definition) is 0. The maximum absolute atomic E-state index is 4.44. The molecule has 0 aliphatic carbocycles. The van der Waals surface area contributed by atoms with E-state index < -0.39 is 0 Å². The van der Waals surface area contributed by atoms with E-state index in [2.05, 4.69) is 54.4 Å². The molecule has 3 aromatic rings. The van der Waals surface area contributed by atoms with Gasteiger partial charge in [-0.05, 0) is 18.1 Å². The van der Waals surface area contributed by atoms with Gasteiger partial charge in [0, 0.05) is 29.3 Å². The van der Waals surface area contributed by atoms with Gasteiger partial charge >= 0.3 is 0 Å². The van der Waals surface area contributed by atoms with Gasteiger partial charge in [-0.25, -0.2) is 0 Å². The van der Waals surface area contributed by atoms with Crippen molar-refractivity contribution in [1.29, 1.82) is 0 Å². The van der Waals surface area contributed by atoms with Crippen LogP contribution in [0.4, 0.5) is 0 Å². The summed E-state index contributed by atoms with van der Waals surface area (Å²) in [5.74, 6) is 0.344. The second-order valence-electron chi connectivity index (χ2n) is 4.35. The monoisotopic (exact) mass is 344 g/mol. The van der Waals surface area contributed by atoms with Gasteiger partial charge in [-0.2, -0.15) is 6.07 Å². The first-order valence-electron chi connectivity index (χ1n) is 5.91. The molecule has 1 nitrogen and oxygen atoms in total. The van der Waals surface area contributed by atoms with Crippen LogP contribution in [0, 0.1) is 0 Å². The van der Waals surface area contributed by atoms with Crippen molar-refractivity contribution in [3.63, 3.8) is 0 Å². The van der Waals surface area contributed by atoms with E-state index in [9.17, 15) is 0 Å². The zero-order valence-corrected chi connectivity index (χ0v) is 13.9.